The Balaban J connectivity index is 2.30. The summed E-state index contributed by atoms with van der Waals surface area (Å²) in [6.45, 7) is 6.95. The van der Waals surface area contributed by atoms with Crippen molar-refractivity contribution in [3.63, 3.8) is 0 Å². The molecule has 2 aromatic rings. The van der Waals surface area contributed by atoms with E-state index < -0.39 is 0 Å². The molecule has 0 saturated heterocycles. The van der Waals surface area contributed by atoms with Gasteiger partial charge in [-0.25, -0.2) is 0 Å². The predicted molar refractivity (Wildman–Crippen MR) is 69.5 cm³/mol. The van der Waals surface area contributed by atoms with Crippen LogP contribution < -0.4 is 5.32 Å². The second-order valence-electron chi connectivity index (χ2n) is 4.07. The van der Waals surface area contributed by atoms with Gasteiger partial charge in [0.15, 0.2) is 5.01 Å². The number of hydrogen-bond acceptors (Lipinski definition) is 5. The monoisotopic (exact) mass is 251 g/mol. The molecule has 0 spiro atoms. The van der Waals surface area contributed by atoms with E-state index in [1.807, 2.05) is 20.9 Å². The van der Waals surface area contributed by atoms with Crippen LogP contribution in [0.15, 0.2) is 4.42 Å². The van der Waals surface area contributed by atoms with Crippen LogP contribution in [0.5, 0.6) is 0 Å². The molecular weight excluding hydrogens is 234 g/mol. The summed E-state index contributed by atoms with van der Waals surface area (Å²) in [7, 11) is 1.94. The zero-order valence-corrected chi connectivity index (χ0v) is 11.4. The van der Waals surface area contributed by atoms with Crippen molar-refractivity contribution >= 4 is 11.3 Å². The molecular formula is C12H17N3OS. The number of aryl methyl sites for hydroxylation is 2. The zero-order valence-electron chi connectivity index (χ0n) is 10.6. The second-order valence-corrected chi connectivity index (χ2v) is 5.13. The summed E-state index contributed by atoms with van der Waals surface area (Å²) in [5.41, 5.74) is 2.27. The third-order valence-corrected chi connectivity index (χ3v) is 3.83. The van der Waals surface area contributed by atoms with Gasteiger partial charge in [-0.05, 0) is 27.8 Å². The summed E-state index contributed by atoms with van der Waals surface area (Å²) < 4.78 is 5.62. The van der Waals surface area contributed by atoms with Crippen molar-refractivity contribution in [3.05, 3.63) is 22.1 Å². The number of hydrogen-bond donors (Lipinski definition) is 1. The van der Waals surface area contributed by atoms with Gasteiger partial charge < -0.3 is 9.73 Å². The van der Waals surface area contributed by atoms with Crippen molar-refractivity contribution in [2.45, 2.75) is 27.2 Å². The molecule has 0 aliphatic rings. The molecule has 0 bridgehead atoms. The Labute approximate surface area is 105 Å². The Bertz CT molecular complexity index is 516. The lowest BCUT2D eigenvalue weighted by Crippen LogP contribution is -2.09. The fraction of sp³-hybridized carbons (Fsp3) is 0.500. The van der Waals surface area contributed by atoms with Gasteiger partial charge in [0.1, 0.15) is 16.5 Å². The molecule has 4 nitrogen and oxygen atoms in total. The molecule has 17 heavy (non-hydrogen) atoms. The second kappa shape index (κ2) is 4.98. The molecule has 2 rings (SSSR count). The first-order chi connectivity index (χ1) is 8.13. The highest BCUT2D eigenvalue weighted by Crippen LogP contribution is 2.33. The Kier molecular flexibility index (Phi) is 3.59. The summed E-state index contributed by atoms with van der Waals surface area (Å²) in [6.07, 6.45) is 0.920. The van der Waals surface area contributed by atoms with E-state index >= 15 is 0 Å². The van der Waals surface area contributed by atoms with Crippen LogP contribution in [-0.4, -0.2) is 23.8 Å². The Hall–Kier alpha value is -1.20. The molecule has 0 aromatic carbocycles. The van der Waals surface area contributed by atoms with Crippen LogP contribution in [-0.2, 0) is 6.42 Å². The van der Waals surface area contributed by atoms with Crippen molar-refractivity contribution in [1.29, 1.82) is 0 Å². The van der Waals surface area contributed by atoms with E-state index in [0.717, 1.165) is 40.1 Å². The molecule has 2 heterocycles. The van der Waals surface area contributed by atoms with Gasteiger partial charge in [-0.2, -0.15) is 0 Å². The van der Waals surface area contributed by atoms with Crippen molar-refractivity contribution in [2.24, 2.45) is 0 Å². The maximum Gasteiger partial charge on any atom is 0.151 e. The number of nitrogens with zero attached hydrogens (tertiary/aromatic N) is 2. The highest BCUT2D eigenvalue weighted by molar-refractivity contribution is 7.14. The van der Waals surface area contributed by atoms with Gasteiger partial charge in [0, 0.05) is 18.5 Å². The van der Waals surface area contributed by atoms with Gasteiger partial charge in [-0.15, -0.1) is 10.2 Å². The molecule has 0 aliphatic heterocycles. The molecule has 5 heteroatoms. The molecule has 0 amide bonds. The smallest absolute Gasteiger partial charge is 0.151 e. The molecule has 2 aromatic heterocycles. The molecule has 0 aliphatic carbocycles. The normalized spacial score (nSPS) is 11.1. The average molecular weight is 251 g/mol. The molecule has 0 fully saturated rings. The lowest BCUT2D eigenvalue weighted by molar-refractivity contribution is 0.503. The van der Waals surface area contributed by atoms with Gasteiger partial charge >= 0.3 is 0 Å². The maximum absolute atomic E-state index is 5.62. The van der Waals surface area contributed by atoms with Gasteiger partial charge in [0.05, 0.1) is 5.56 Å². The molecule has 0 radical (unpaired) electrons. The SMILES string of the molecule is CNCCc1nnc(-c2c(C)oc(C)c2C)s1. The molecule has 0 saturated carbocycles. The first kappa shape index (κ1) is 12.3. The van der Waals surface area contributed by atoms with E-state index in [1.54, 1.807) is 11.3 Å². The van der Waals surface area contributed by atoms with E-state index in [9.17, 15) is 0 Å². The van der Waals surface area contributed by atoms with E-state index in [1.165, 1.54) is 5.56 Å². The van der Waals surface area contributed by atoms with Crippen molar-refractivity contribution in [1.82, 2.24) is 15.5 Å². The Morgan fingerprint density at radius 1 is 1.18 bits per heavy atom. The van der Waals surface area contributed by atoms with E-state index in [4.69, 9.17) is 4.42 Å². The van der Waals surface area contributed by atoms with E-state index in [-0.39, 0.29) is 0 Å². The Morgan fingerprint density at radius 3 is 2.53 bits per heavy atom. The van der Waals surface area contributed by atoms with Crippen LogP contribution in [0.2, 0.25) is 0 Å². The van der Waals surface area contributed by atoms with Crippen LogP contribution in [0.4, 0.5) is 0 Å². The third-order valence-electron chi connectivity index (χ3n) is 2.83. The average Bonchev–Trinajstić information content (AvgIpc) is 2.83. The number of likely N-dealkylation sites (N-methyl/N-ethyl adjacent to an activating group) is 1. The minimum atomic E-state index is 0.920. The largest absolute Gasteiger partial charge is 0.466 e. The molecule has 1 N–H and O–H groups in total. The lowest BCUT2D eigenvalue weighted by Gasteiger charge is -1.94. The van der Waals surface area contributed by atoms with Crippen LogP contribution in [0, 0.1) is 20.8 Å². The van der Waals surface area contributed by atoms with Crippen LogP contribution in [0.3, 0.4) is 0 Å². The predicted octanol–water partition coefficient (Wildman–Crippen LogP) is 2.49. The minimum absolute atomic E-state index is 0.920. The molecule has 0 unspecified atom stereocenters. The van der Waals surface area contributed by atoms with Crippen LogP contribution in [0.25, 0.3) is 10.6 Å². The first-order valence-electron chi connectivity index (χ1n) is 5.67. The summed E-state index contributed by atoms with van der Waals surface area (Å²) in [6, 6.07) is 0. The standard InChI is InChI=1S/C12H17N3OS/c1-7-8(2)16-9(3)11(7)12-15-14-10(17-12)5-6-13-4/h13H,5-6H2,1-4H3. The highest BCUT2D eigenvalue weighted by Gasteiger charge is 2.17. The molecule has 0 atom stereocenters. The highest BCUT2D eigenvalue weighted by atomic mass is 32.1. The van der Waals surface area contributed by atoms with E-state index in [0.29, 0.717) is 0 Å². The topological polar surface area (TPSA) is 51.0 Å². The fourth-order valence-corrected chi connectivity index (χ4v) is 2.79. The van der Waals surface area contributed by atoms with Crippen molar-refractivity contribution in [3.8, 4) is 10.6 Å². The number of rotatable bonds is 4. The summed E-state index contributed by atoms with van der Waals surface area (Å²) >= 11 is 1.65. The van der Waals surface area contributed by atoms with E-state index in [2.05, 4.69) is 22.4 Å². The first-order valence-corrected chi connectivity index (χ1v) is 6.49. The molecule has 92 valence electrons. The minimum Gasteiger partial charge on any atom is -0.466 e. The third kappa shape index (κ3) is 2.40. The van der Waals surface area contributed by atoms with Crippen molar-refractivity contribution < 1.29 is 4.42 Å². The van der Waals surface area contributed by atoms with Crippen LogP contribution >= 0.6 is 11.3 Å². The number of aromatic nitrogens is 2. The zero-order chi connectivity index (χ0) is 12.4. The Morgan fingerprint density at radius 2 is 1.94 bits per heavy atom. The van der Waals surface area contributed by atoms with Gasteiger partial charge in [-0.1, -0.05) is 11.3 Å². The fourth-order valence-electron chi connectivity index (χ4n) is 1.80. The van der Waals surface area contributed by atoms with Gasteiger partial charge in [0.25, 0.3) is 0 Å². The summed E-state index contributed by atoms with van der Waals surface area (Å²) in [4.78, 5) is 0. The number of furan rings is 1. The number of nitrogens with one attached hydrogen (secondary N) is 1. The maximum atomic E-state index is 5.62. The summed E-state index contributed by atoms with van der Waals surface area (Å²) in [5.74, 6) is 1.89. The lowest BCUT2D eigenvalue weighted by atomic mass is 10.1. The van der Waals surface area contributed by atoms with Gasteiger partial charge in [0.2, 0.25) is 0 Å². The van der Waals surface area contributed by atoms with Crippen molar-refractivity contribution in [2.75, 3.05) is 13.6 Å². The quantitative estimate of drug-likeness (QED) is 0.907. The summed E-state index contributed by atoms with van der Waals surface area (Å²) in [5, 5.41) is 13.6. The van der Waals surface area contributed by atoms with Gasteiger partial charge in [-0.3, -0.25) is 0 Å². The van der Waals surface area contributed by atoms with Crippen LogP contribution in [0.1, 0.15) is 22.1 Å².